The second-order valence-electron chi connectivity index (χ2n) is 4.30. The highest BCUT2D eigenvalue weighted by molar-refractivity contribution is 6.00. The Morgan fingerprint density at radius 1 is 1.26 bits per heavy atom. The number of imide groups is 1. The minimum atomic E-state index is -0.487. The zero-order valence-corrected chi connectivity index (χ0v) is 10.3. The van der Waals surface area contributed by atoms with E-state index in [-0.39, 0.29) is 24.3 Å². The van der Waals surface area contributed by atoms with Crippen molar-refractivity contribution >= 4 is 23.4 Å². The van der Waals surface area contributed by atoms with Crippen molar-refractivity contribution in [2.75, 3.05) is 11.9 Å². The van der Waals surface area contributed by atoms with Gasteiger partial charge in [0.2, 0.25) is 17.7 Å². The van der Waals surface area contributed by atoms with Gasteiger partial charge < -0.3 is 5.32 Å². The summed E-state index contributed by atoms with van der Waals surface area (Å²) in [6, 6.07) is 8.58. The number of amides is 3. The van der Waals surface area contributed by atoms with Crippen molar-refractivity contribution in [3.63, 3.8) is 0 Å². The van der Waals surface area contributed by atoms with E-state index in [1.165, 1.54) is 0 Å². The molecular formula is C13H15N3O3. The lowest BCUT2D eigenvalue weighted by Gasteiger charge is -2.21. The van der Waals surface area contributed by atoms with Crippen LogP contribution in [0.2, 0.25) is 0 Å². The zero-order valence-electron chi connectivity index (χ0n) is 10.3. The standard InChI is InChI=1S/C13H15N3O3/c17-11-7-6-10(13(19)16-11)14-8-12(18)15-9-4-2-1-3-5-9/h1-5,10,14H,6-8H2,(H,15,18)(H,16,17,19). The van der Waals surface area contributed by atoms with Gasteiger partial charge in [-0.15, -0.1) is 0 Å². The molecule has 1 aliphatic heterocycles. The molecule has 1 aromatic carbocycles. The van der Waals surface area contributed by atoms with Crippen LogP contribution in [0.4, 0.5) is 5.69 Å². The highest BCUT2D eigenvalue weighted by Gasteiger charge is 2.26. The van der Waals surface area contributed by atoms with Gasteiger partial charge in [-0.25, -0.2) is 0 Å². The van der Waals surface area contributed by atoms with Gasteiger partial charge in [0.05, 0.1) is 12.6 Å². The Labute approximate surface area is 110 Å². The Balaban J connectivity index is 1.78. The van der Waals surface area contributed by atoms with Crippen LogP contribution < -0.4 is 16.0 Å². The average molecular weight is 261 g/mol. The number of anilines is 1. The lowest BCUT2D eigenvalue weighted by Crippen LogP contribution is -2.52. The van der Waals surface area contributed by atoms with Crippen molar-refractivity contribution in [2.24, 2.45) is 0 Å². The highest BCUT2D eigenvalue weighted by atomic mass is 16.2. The van der Waals surface area contributed by atoms with Gasteiger partial charge in [0.25, 0.3) is 0 Å². The molecule has 1 saturated heterocycles. The van der Waals surface area contributed by atoms with Gasteiger partial charge in [0, 0.05) is 12.1 Å². The Bertz CT molecular complexity index is 487. The third kappa shape index (κ3) is 3.89. The molecule has 1 aliphatic rings. The van der Waals surface area contributed by atoms with Gasteiger partial charge in [0.1, 0.15) is 0 Å². The van der Waals surface area contributed by atoms with Gasteiger partial charge in [-0.1, -0.05) is 18.2 Å². The van der Waals surface area contributed by atoms with E-state index in [9.17, 15) is 14.4 Å². The van der Waals surface area contributed by atoms with E-state index in [0.29, 0.717) is 18.5 Å². The molecule has 1 fully saturated rings. The lowest BCUT2D eigenvalue weighted by molar-refractivity contribution is -0.134. The third-order valence-corrected chi connectivity index (χ3v) is 2.81. The molecule has 0 spiro atoms. The minimum absolute atomic E-state index is 0.0289. The van der Waals surface area contributed by atoms with Crippen LogP contribution in [-0.2, 0) is 14.4 Å². The number of hydrogen-bond donors (Lipinski definition) is 3. The topological polar surface area (TPSA) is 87.3 Å². The fourth-order valence-corrected chi connectivity index (χ4v) is 1.83. The first kappa shape index (κ1) is 13.2. The molecule has 0 saturated carbocycles. The molecule has 1 atom stereocenters. The quantitative estimate of drug-likeness (QED) is 0.667. The molecule has 1 aromatic rings. The summed E-state index contributed by atoms with van der Waals surface area (Å²) in [5, 5.41) is 7.77. The number of carbonyl (C=O) groups is 3. The second kappa shape index (κ2) is 6.10. The number of nitrogens with one attached hydrogen (secondary N) is 3. The molecular weight excluding hydrogens is 246 g/mol. The van der Waals surface area contributed by atoms with Crippen LogP contribution in [0.1, 0.15) is 12.8 Å². The van der Waals surface area contributed by atoms with E-state index < -0.39 is 6.04 Å². The summed E-state index contributed by atoms with van der Waals surface area (Å²) in [4.78, 5) is 34.1. The van der Waals surface area contributed by atoms with Gasteiger partial charge in [-0.3, -0.25) is 25.0 Å². The Kier molecular flexibility index (Phi) is 4.25. The van der Waals surface area contributed by atoms with Crippen LogP contribution >= 0.6 is 0 Å². The summed E-state index contributed by atoms with van der Waals surface area (Å²) in [7, 11) is 0. The molecule has 6 nitrogen and oxygen atoms in total. The summed E-state index contributed by atoms with van der Waals surface area (Å²) >= 11 is 0. The molecule has 2 rings (SSSR count). The van der Waals surface area contributed by atoms with Gasteiger partial charge in [-0.05, 0) is 18.6 Å². The number of benzene rings is 1. The van der Waals surface area contributed by atoms with Crippen LogP contribution in [0, 0.1) is 0 Å². The first-order valence-electron chi connectivity index (χ1n) is 6.07. The fourth-order valence-electron chi connectivity index (χ4n) is 1.83. The Morgan fingerprint density at radius 3 is 2.68 bits per heavy atom. The maximum Gasteiger partial charge on any atom is 0.243 e. The number of para-hydroxylation sites is 1. The molecule has 3 amide bonds. The maximum atomic E-state index is 11.7. The molecule has 100 valence electrons. The summed E-state index contributed by atoms with van der Waals surface area (Å²) < 4.78 is 0. The highest BCUT2D eigenvalue weighted by Crippen LogP contribution is 2.05. The minimum Gasteiger partial charge on any atom is -0.325 e. The molecule has 0 bridgehead atoms. The summed E-state index contributed by atoms with van der Waals surface area (Å²) in [5.74, 6) is -0.864. The van der Waals surface area contributed by atoms with Gasteiger partial charge in [-0.2, -0.15) is 0 Å². The van der Waals surface area contributed by atoms with Crippen molar-refractivity contribution in [1.82, 2.24) is 10.6 Å². The van der Waals surface area contributed by atoms with Crippen LogP contribution in [0.15, 0.2) is 30.3 Å². The average Bonchev–Trinajstić information content (AvgIpc) is 2.39. The van der Waals surface area contributed by atoms with Crippen molar-refractivity contribution in [2.45, 2.75) is 18.9 Å². The smallest absolute Gasteiger partial charge is 0.243 e. The fraction of sp³-hybridized carbons (Fsp3) is 0.308. The van der Waals surface area contributed by atoms with Crippen molar-refractivity contribution in [3.05, 3.63) is 30.3 Å². The Morgan fingerprint density at radius 2 is 2.00 bits per heavy atom. The predicted molar refractivity (Wildman–Crippen MR) is 69.2 cm³/mol. The van der Waals surface area contributed by atoms with E-state index in [2.05, 4.69) is 16.0 Å². The monoisotopic (exact) mass is 261 g/mol. The molecule has 3 N–H and O–H groups in total. The van der Waals surface area contributed by atoms with Crippen LogP contribution in [0.25, 0.3) is 0 Å². The van der Waals surface area contributed by atoms with Gasteiger partial charge in [0.15, 0.2) is 0 Å². The molecule has 6 heteroatoms. The summed E-state index contributed by atoms with van der Waals surface area (Å²) in [6.07, 6.45) is 0.715. The molecule has 0 radical (unpaired) electrons. The normalized spacial score (nSPS) is 18.8. The second-order valence-corrected chi connectivity index (χ2v) is 4.30. The lowest BCUT2D eigenvalue weighted by atomic mass is 10.1. The molecule has 1 unspecified atom stereocenters. The van der Waals surface area contributed by atoms with E-state index in [1.807, 2.05) is 18.2 Å². The van der Waals surface area contributed by atoms with E-state index in [0.717, 1.165) is 0 Å². The number of carbonyl (C=O) groups excluding carboxylic acids is 3. The first-order valence-corrected chi connectivity index (χ1v) is 6.07. The first-order chi connectivity index (χ1) is 9.15. The van der Waals surface area contributed by atoms with Crippen LogP contribution in [0.5, 0.6) is 0 Å². The number of piperidine rings is 1. The van der Waals surface area contributed by atoms with Crippen molar-refractivity contribution < 1.29 is 14.4 Å². The van der Waals surface area contributed by atoms with Gasteiger partial charge >= 0.3 is 0 Å². The van der Waals surface area contributed by atoms with Crippen molar-refractivity contribution in [3.8, 4) is 0 Å². The molecule has 19 heavy (non-hydrogen) atoms. The number of hydrogen-bond acceptors (Lipinski definition) is 4. The third-order valence-electron chi connectivity index (χ3n) is 2.81. The van der Waals surface area contributed by atoms with E-state index >= 15 is 0 Å². The van der Waals surface area contributed by atoms with Crippen LogP contribution in [-0.4, -0.2) is 30.3 Å². The largest absolute Gasteiger partial charge is 0.325 e. The zero-order chi connectivity index (χ0) is 13.7. The van der Waals surface area contributed by atoms with E-state index in [1.54, 1.807) is 12.1 Å². The predicted octanol–water partition coefficient (Wildman–Crippen LogP) is 0.0199. The summed E-state index contributed by atoms with van der Waals surface area (Å²) in [5.41, 5.74) is 0.706. The van der Waals surface area contributed by atoms with Crippen molar-refractivity contribution in [1.29, 1.82) is 0 Å². The van der Waals surface area contributed by atoms with E-state index in [4.69, 9.17) is 0 Å². The van der Waals surface area contributed by atoms with Crippen LogP contribution in [0.3, 0.4) is 0 Å². The molecule has 0 aromatic heterocycles. The SMILES string of the molecule is O=C1CCC(NCC(=O)Nc2ccccc2)C(=O)N1. The summed E-state index contributed by atoms with van der Waals surface area (Å²) in [6.45, 7) is 0.0289. The number of rotatable bonds is 4. The molecule has 1 heterocycles. The Hall–Kier alpha value is -2.21. The maximum absolute atomic E-state index is 11.7. The molecule has 0 aliphatic carbocycles.